The summed E-state index contributed by atoms with van der Waals surface area (Å²) in [5.41, 5.74) is 1.36. The van der Waals surface area contributed by atoms with Gasteiger partial charge in [0, 0.05) is 30.9 Å². The minimum absolute atomic E-state index is 0.0163. The lowest BCUT2D eigenvalue weighted by Crippen LogP contribution is -2.44. The van der Waals surface area contributed by atoms with Crippen LogP contribution in [0.25, 0.3) is 0 Å². The topological polar surface area (TPSA) is 78.5 Å². The van der Waals surface area contributed by atoms with Gasteiger partial charge in [-0.15, -0.1) is 0 Å². The zero-order chi connectivity index (χ0) is 17.9. The fourth-order valence-corrected chi connectivity index (χ4v) is 4.93. The van der Waals surface area contributed by atoms with Crippen LogP contribution < -0.4 is 10.0 Å². The van der Waals surface area contributed by atoms with E-state index in [-0.39, 0.29) is 11.7 Å². The Kier molecular flexibility index (Phi) is 5.34. The zero-order valence-electron chi connectivity index (χ0n) is 14.8. The Morgan fingerprint density at radius 1 is 1.28 bits per heavy atom. The monoisotopic (exact) mass is 365 g/mol. The molecule has 0 saturated carbocycles. The fourth-order valence-electron chi connectivity index (χ4n) is 3.80. The number of piperidine rings is 1. The number of anilines is 1. The summed E-state index contributed by atoms with van der Waals surface area (Å²) in [6, 6.07) is 6.79. The number of likely N-dealkylation sites (tertiary alicyclic amines) is 1. The molecule has 138 valence electrons. The standard InChI is InChI=1S/C18H27N3O3S/c1-2-12-25(23,24)20-16-5-3-4-15(13-16)17(22)21-10-7-18(8-11-21)6-9-19-14-18/h3-5,13,19-20H,2,6-12,14H2,1H3. The average Bonchev–Trinajstić information content (AvgIpc) is 3.03. The Bertz CT molecular complexity index is 717. The van der Waals surface area contributed by atoms with Gasteiger partial charge in [0.05, 0.1) is 5.75 Å². The Labute approximate surface area is 150 Å². The summed E-state index contributed by atoms with van der Waals surface area (Å²) >= 11 is 0. The molecule has 0 bridgehead atoms. The van der Waals surface area contributed by atoms with E-state index in [1.807, 2.05) is 11.8 Å². The molecule has 0 aromatic heterocycles. The molecule has 0 aliphatic carbocycles. The van der Waals surface area contributed by atoms with E-state index in [1.165, 1.54) is 6.42 Å². The number of amides is 1. The second-order valence-corrected chi connectivity index (χ2v) is 9.06. The molecule has 2 saturated heterocycles. The van der Waals surface area contributed by atoms with Crippen LogP contribution >= 0.6 is 0 Å². The van der Waals surface area contributed by atoms with Crippen LogP contribution in [-0.4, -0.2) is 51.2 Å². The van der Waals surface area contributed by atoms with Crippen LogP contribution in [0.1, 0.15) is 43.0 Å². The molecular formula is C18H27N3O3S. The lowest BCUT2D eigenvalue weighted by atomic mass is 9.78. The maximum atomic E-state index is 12.8. The fraction of sp³-hybridized carbons (Fsp3) is 0.611. The first-order valence-corrected chi connectivity index (χ1v) is 10.7. The lowest BCUT2D eigenvalue weighted by molar-refractivity contribution is 0.0607. The minimum Gasteiger partial charge on any atom is -0.339 e. The molecule has 2 N–H and O–H groups in total. The average molecular weight is 365 g/mol. The molecule has 2 aliphatic rings. The number of carbonyl (C=O) groups excluding carboxylic acids is 1. The van der Waals surface area contributed by atoms with E-state index < -0.39 is 10.0 Å². The van der Waals surface area contributed by atoms with Crippen molar-refractivity contribution in [3.05, 3.63) is 29.8 Å². The summed E-state index contributed by atoms with van der Waals surface area (Å²) in [5.74, 6) is 0.0605. The maximum absolute atomic E-state index is 12.8. The quantitative estimate of drug-likeness (QED) is 0.837. The van der Waals surface area contributed by atoms with E-state index in [9.17, 15) is 13.2 Å². The first kappa shape index (κ1) is 18.2. The van der Waals surface area contributed by atoms with Gasteiger partial charge in [0.2, 0.25) is 10.0 Å². The molecule has 1 aromatic rings. The summed E-state index contributed by atoms with van der Waals surface area (Å²) in [6.07, 6.45) is 3.82. The molecule has 6 nitrogen and oxygen atoms in total. The molecule has 7 heteroatoms. The molecule has 2 aliphatic heterocycles. The second-order valence-electron chi connectivity index (χ2n) is 7.22. The van der Waals surface area contributed by atoms with E-state index in [0.29, 0.717) is 23.1 Å². The molecule has 1 amide bonds. The first-order valence-electron chi connectivity index (χ1n) is 9.04. The molecule has 25 heavy (non-hydrogen) atoms. The highest BCUT2D eigenvalue weighted by Crippen LogP contribution is 2.37. The Morgan fingerprint density at radius 2 is 2.04 bits per heavy atom. The van der Waals surface area contributed by atoms with Gasteiger partial charge in [-0.3, -0.25) is 9.52 Å². The predicted molar refractivity (Wildman–Crippen MR) is 99.2 cm³/mol. The van der Waals surface area contributed by atoms with Crippen molar-refractivity contribution >= 4 is 21.6 Å². The van der Waals surface area contributed by atoms with E-state index in [4.69, 9.17) is 0 Å². The number of hydrogen-bond donors (Lipinski definition) is 2. The third-order valence-electron chi connectivity index (χ3n) is 5.30. The van der Waals surface area contributed by atoms with Crippen molar-refractivity contribution in [1.29, 1.82) is 0 Å². The molecule has 0 radical (unpaired) electrons. The summed E-state index contributed by atoms with van der Waals surface area (Å²) in [4.78, 5) is 14.7. The van der Waals surface area contributed by atoms with Gasteiger partial charge in [0.25, 0.3) is 5.91 Å². The first-order chi connectivity index (χ1) is 11.9. The van der Waals surface area contributed by atoms with Gasteiger partial charge in [-0.25, -0.2) is 8.42 Å². The molecular weight excluding hydrogens is 338 g/mol. The summed E-state index contributed by atoms with van der Waals surface area (Å²) < 4.78 is 26.4. The zero-order valence-corrected chi connectivity index (χ0v) is 15.6. The minimum atomic E-state index is -3.35. The molecule has 1 aromatic carbocycles. The van der Waals surface area contributed by atoms with E-state index in [2.05, 4.69) is 10.0 Å². The van der Waals surface area contributed by atoms with Crippen molar-refractivity contribution in [2.24, 2.45) is 5.41 Å². The predicted octanol–water partition coefficient (Wildman–Crippen LogP) is 2.05. The summed E-state index contributed by atoms with van der Waals surface area (Å²) in [7, 11) is -3.35. The summed E-state index contributed by atoms with van der Waals surface area (Å²) in [5, 5.41) is 3.43. The largest absolute Gasteiger partial charge is 0.339 e. The Morgan fingerprint density at radius 3 is 2.68 bits per heavy atom. The third kappa shape index (κ3) is 4.33. The number of benzene rings is 1. The third-order valence-corrected chi connectivity index (χ3v) is 6.79. The lowest BCUT2D eigenvalue weighted by Gasteiger charge is -2.39. The smallest absolute Gasteiger partial charge is 0.253 e. The van der Waals surface area contributed by atoms with E-state index in [0.717, 1.165) is 39.0 Å². The van der Waals surface area contributed by atoms with Crippen LogP contribution in [0.3, 0.4) is 0 Å². The normalized spacial score (nSPS) is 20.0. The number of sulfonamides is 1. The van der Waals surface area contributed by atoms with E-state index >= 15 is 0 Å². The number of nitrogens with zero attached hydrogens (tertiary/aromatic N) is 1. The van der Waals surface area contributed by atoms with Crippen LogP contribution in [0, 0.1) is 5.41 Å². The Hall–Kier alpha value is -1.60. The Balaban J connectivity index is 1.66. The van der Waals surface area contributed by atoms with Gasteiger partial charge < -0.3 is 10.2 Å². The van der Waals surface area contributed by atoms with Crippen molar-refractivity contribution in [1.82, 2.24) is 10.2 Å². The molecule has 0 unspecified atom stereocenters. The van der Waals surface area contributed by atoms with Crippen LogP contribution in [-0.2, 0) is 10.0 Å². The van der Waals surface area contributed by atoms with Crippen molar-refractivity contribution < 1.29 is 13.2 Å². The molecule has 2 heterocycles. The number of nitrogens with one attached hydrogen (secondary N) is 2. The van der Waals surface area contributed by atoms with E-state index in [1.54, 1.807) is 24.3 Å². The van der Waals surface area contributed by atoms with Gasteiger partial charge in [0.15, 0.2) is 0 Å². The van der Waals surface area contributed by atoms with Gasteiger partial charge in [-0.05, 0) is 55.8 Å². The molecule has 2 fully saturated rings. The number of rotatable bonds is 5. The van der Waals surface area contributed by atoms with Gasteiger partial charge in [0.1, 0.15) is 0 Å². The molecule has 3 rings (SSSR count). The van der Waals surface area contributed by atoms with Crippen LogP contribution in [0.4, 0.5) is 5.69 Å². The van der Waals surface area contributed by atoms with Gasteiger partial charge in [-0.1, -0.05) is 13.0 Å². The van der Waals surface area contributed by atoms with Crippen LogP contribution in [0.5, 0.6) is 0 Å². The molecule has 0 atom stereocenters. The highest BCUT2D eigenvalue weighted by Gasteiger charge is 2.38. The van der Waals surface area contributed by atoms with Gasteiger partial charge >= 0.3 is 0 Å². The second kappa shape index (κ2) is 7.33. The van der Waals surface area contributed by atoms with Crippen LogP contribution in [0.2, 0.25) is 0 Å². The number of carbonyl (C=O) groups is 1. The SMILES string of the molecule is CCCS(=O)(=O)Nc1cccc(C(=O)N2CCC3(CCNC3)CC2)c1. The van der Waals surface area contributed by atoms with Crippen LogP contribution in [0.15, 0.2) is 24.3 Å². The van der Waals surface area contributed by atoms with Crippen molar-refractivity contribution in [3.8, 4) is 0 Å². The van der Waals surface area contributed by atoms with Crippen molar-refractivity contribution in [2.75, 3.05) is 36.7 Å². The van der Waals surface area contributed by atoms with Gasteiger partial charge in [-0.2, -0.15) is 0 Å². The number of hydrogen-bond acceptors (Lipinski definition) is 4. The highest BCUT2D eigenvalue weighted by atomic mass is 32.2. The highest BCUT2D eigenvalue weighted by molar-refractivity contribution is 7.92. The summed E-state index contributed by atoms with van der Waals surface area (Å²) in [6.45, 7) is 5.50. The van der Waals surface area contributed by atoms with Crippen molar-refractivity contribution in [3.63, 3.8) is 0 Å². The maximum Gasteiger partial charge on any atom is 0.253 e. The van der Waals surface area contributed by atoms with Crippen molar-refractivity contribution in [2.45, 2.75) is 32.6 Å². The molecule has 1 spiro atoms.